The van der Waals surface area contributed by atoms with Gasteiger partial charge in [0.15, 0.2) is 5.66 Å². The zero-order valence-corrected chi connectivity index (χ0v) is 19.0. The van der Waals surface area contributed by atoms with Gasteiger partial charge in [-0.15, -0.1) is 11.8 Å². The Morgan fingerprint density at radius 1 is 1.13 bits per heavy atom. The summed E-state index contributed by atoms with van der Waals surface area (Å²) in [6, 6.07) is 15.8. The highest BCUT2D eigenvalue weighted by molar-refractivity contribution is 8.15. The summed E-state index contributed by atoms with van der Waals surface area (Å²) in [5, 5.41) is 3.97. The van der Waals surface area contributed by atoms with Gasteiger partial charge in [0.05, 0.1) is 18.0 Å². The van der Waals surface area contributed by atoms with Gasteiger partial charge < -0.3 is 15.0 Å². The fourth-order valence-corrected chi connectivity index (χ4v) is 4.52. The van der Waals surface area contributed by atoms with Gasteiger partial charge in [0.25, 0.3) is 0 Å². The van der Waals surface area contributed by atoms with Crippen LogP contribution in [-0.4, -0.2) is 53.3 Å². The number of aliphatic imine (C=N–C) groups is 2. The number of thioether (sulfide) groups is 1. The van der Waals surface area contributed by atoms with E-state index in [1.165, 1.54) is 5.56 Å². The third-order valence-corrected chi connectivity index (χ3v) is 6.30. The summed E-state index contributed by atoms with van der Waals surface area (Å²) in [5.74, 6) is 0.684. The highest BCUT2D eigenvalue weighted by Gasteiger charge is 2.40. The van der Waals surface area contributed by atoms with Crippen LogP contribution in [0.2, 0.25) is 0 Å². The number of carbonyl (C=O) groups excluding carboxylic acids is 1. The maximum absolute atomic E-state index is 12.8. The van der Waals surface area contributed by atoms with Crippen molar-refractivity contribution in [2.24, 2.45) is 9.98 Å². The van der Waals surface area contributed by atoms with Gasteiger partial charge >= 0.3 is 6.03 Å². The molecule has 2 aromatic rings. The van der Waals surface area contributed by atoms with Crippen LogP contribution in [0.15, 0.2) is 58.5 Å². The Hall–Kier alpha value is -2.80. The first-order valence-corrected chi connectivity index (χ1v) is 11.8. The molecule has 0 radical (unpaired) electrons. The van der Waals surface area contributed by atoms with E-state index in [1.54, 1.807) is 11.8 Å². The molecule has 0 aromatic heterocycles. The molecule has 4 rings (SSSR count). The fourth-order valence-electron chi connectivity index (χ4n) is 3.90. The number of aryl methyl sites for hydroxylation is 1. The molecule has 2 aliphatic rings. The van der Waals surface area contributed by atoms with E-state index in [4.69, 9.17) is 14.7 Å². The van der Waals surface area contributed by atoms with Crippen LogP contribution in [0.5, 0.6) is 5.75 Å². The van der Waals surface area contributed by atoms with Gasteiger partial charge in [0.1, 0.15) is 10.8 Å². The zero-order valence-electron chi connectivity index (χ0n) is 18.2. The molecule has 1 saturated heterocycles. The molecule has 2 aromatic carbocycles. The molecule has 31 heavy (non-hydrogen) atoms. The second-order valence-corrected chi connectivity index (χ2v) is 8.57. The van der Waals surface area contributed by atoms with Crippen molar-refractivity contribution in [2.45, 2.75) is 32.4 Å². The maximum atomic E-state index is 12.8. The van der Waals surface area contributed by atoms with Crippen molar-refractivity contribution in [2.75, 3.05) is 31.3 Å². The Morgan fingerprint density at radius 2 is 1.84 bits per heavy atom. The number of anilines is 1. The lowest BCUT2D eigenvalue weighted by Crippen LogP contribution is -2.46. The van der Waals surface area contributed by atoms with Crippen LogP contribution >= 0.6 is 11.8 Å². The van der Waals surface area contributed by atoms with E-state index < -0.39 is 5.66 Å². The predicted molar refractivity (Wildman–Crippen MR) is 129 cm³/mol. The molecule has 0 aliphatic carbocycles. The number of hydrogen-bond acceptors (Lipinski definition) is 5. The monoisotopic (exact) mass is 436 g/mol. The van der Waals surface area contributed by atoms with Crippen LogP contribution in [0.25, 0.3) is 0 Å². The smallest absolute Gasteiger partial charge is 0.321 e. The second kappa shape index (κ2) is 9.14. The van der Waals surface area contributed by atoms with Crippen LogP contribution in [0.3, 0.4) is 0 Å². The van der Waals surface area contributed by atoms with Crippen molar-refractivity contribution >= 4 is 34.2 Å². The molecule has 2 amide bonds. The third-order valence-electron chi connectivity index (χ3n) is 5.63. The SMILES string of the molecule is CCOc1ccccc1NC(=O)N1CCC2(CC1)N=C(SC)C(c1ccc(C)cc1)=N2. The van der Waals surface area contributed by atoms with Gasteiger partial charge in [-0.2, -0.15) is 0 Å². The summed E-state index contributed by atoms with van der Waals surface area (Å²) < 4.78 is 5.62. The van der Waals surface area contributed by atoms with Gasteiger partial charge in [-0.05, 0) is 32.2 Å². The van der Waals surface area contributed by atoms with Gasteiger partial charge in [-0.1, -0.05) is 42.0 Å². The Balaban J connectivity index is 1.45. The van der Waals surface area contributed by atoms with E-state index in [1.807, 2.05) is 42.3 Å². The quantitative estimate of drug-likeness (QED) is 0.735. The highest BCUT2D eigenvalue weighted by atomic mass is 32.2. The number of benzene rings is 2. The number of hydrogen-bond donors (Lipinski definition) is 1. The first kappa shape index (κ1) is 21.4. The van der Waals surface area contributed by atoms with Crippen molar-refractivity contribution in [3.8, 4) is 5.75 Å². The van der Waals surface area contributed by atoms with E-state index in [2.05, 4.69) is 36.5 Å². The number of ether oxygens (including phenoxy) is 1. The Morgan fingerprint density at radius 3 is 2.52 bits per heavy atom. The standard InChI is InChI=1S/C24H28N4O2S/c1-4-30-20-8-6-5-7-19(20)25-23(29)28-15-13-24(14-16-28)26-21(22(27-24)31-3)18-11-9-17(2)10-12-18/h5-12H,4,13-16H2,1-3H3,(H,25,29). The normalized spacial score (nSPS) is 17.3. The van der Waals surface area contributed by atoms with Crippen LogP contribution in [0, 0.1) is 6.92 Å². The fraction of sp³-hybridized carbons (Fsp3) is 0.375. The van der Waals surface area contributed by atoms with Crippen molar-refractivity contribution in [1.82, 2.24) is 4.90 Å². The average Bonchev–Trinajstić information content (AvgIpc) is 3.14. The molecule has 6 nitrogen and oxygen atoms in total. The van der Waals surface area contributed by atoms with Crippen LogP contribution in [0.4, 0.5) is 10.5 Å². The summed E-state index contributed by atoms with van der Waals surface area (Å²) in [7, 11) is 0. The summed E-state index contributed by atoms with van der Waals surface area (Å²) >= 11 is 1.63. The third kappa shape index (κ3) is 4.61. The molecule has 0 bridgehead atoms. The molecule has 1 fully saturated rings. The number of amides is 2. The van der Waals surface area contributed by atoms with E-state index in [0.717, 1.165) is 16.3 Å². The number of para-hydroxylation sites is 2. The molecule has 2 heterocycles. The van der Waals surface area contributed by atoms with E-state index in [9.17, 15) is 4.79 Å². The molecular weight excluding hydrogens is 408 g/mol. The van der Waals surface area contributed by atoms with Gasteiger partial charge in [0.2, 0.25) is 0 Å². The van der Waals surface area contributed by atoms with E-state index in [0.29, 0.717) is 44.0 Å². The van der Waals surface area contributed by atoms with Gasteiger partial charge in [-0.25, -0.2) is 9.79 Å². The molecular formula is C24H28N4O2S. The van der Waals surface area contributed by atoms with Crippen LogP contribution in [0.1, 0.15) is 30.9 Å². The minimum Gasteiger partial charge on any atom is -0.492 e. The molecule has 162 valence electrons. The van der Waals surface area contributed by atoms with Gasteiger partial charge in [0, 0.05) is 31.5 Å². The molecule has 0 saturated carbocycles. The number of urea groups is 1. The van der Waals surface area contributed by atoms with Crippen LogP contribution < -0.4 is 10.1 Å². The minimum atomic E-state index is -0.460. The lowest BCUT2D eigenvalue weighted by Gasteiger charge is -2.35. The summed E-state index contributed by atoms with van der Waals surface area (Å²) in [4.78, 5) is 24.7. The Labute approximate surface area is 187 Å². The number of carbonyl (C=O) groups is 1. The minimum absolute atomic E-state index is 0.114. The number of nitrogens with one attached hydrogen (secondary N) is 1. The summed E-state index contributed by atoms with van der Waals surface area (Å²) in [6.07, 6.45) is 3.47. The molecule has 0 unspecified atom stereocenters. The second-order valence-electron chi connectivity index (χ2n) is 7.78. The Bertz CT molecular complexity index is 1010. The average molecular weight is 437 g/mol. The first-order chi connectivity index (χ1) is 15.0. The van der Waals surface area contributed by atoms with Crippen molar-refractivity contribution in [1.29, 1.82) is 0 Å². The molecule has 1 N–H and O–H groups in total. The largest absolute Gasteiger partial charge is 0.492 e. The maximum Gasteiger partial charge on any atom is 0.321 e. The van der Waals surface area contributed by atoms with Crippen molar-refractivity contribution < 1.29 is 9.53 Å². The van der Waals surface area contributed by atoms with Gasteiger partial charge in [-0.3, -0.25) is 4.99 Å². The number of rotatable bonds is 4. The molecule has 2 aliphatic heterocycles. The lowest BCUT2D eigenvalue weighted by atomic mass is 9.98. The number of nitrogens with zero attached hydrogens (tertiary/aromatic N) is 3. The zero-order chi connectivity index (χ0) is 21.8. The van der Waals surface area contributed by atoms with Crippen molar-refractivity contribution in [3.05, 3.63) is 59.7 Å². The predicted octanol–water partition coefficient (Wildman–Crippen LogP) is 4.98. The summed E-state index contributed by atoms with van der Waals surface area (Å²) in [5.41, 5.74) is 3.53. The summed E-state index contributed by atoms with van der Waals surface area (Å²) in [6.45, 7) is 5.78. The first-order valence-electron chi connectivity index (χ1n) is 10.6. The molecule has 7 heteroatoms. The highest BCUT2D eigenvalue weighted by Crippen LogP contribution is 2.35. The molecule has 0 atom stereocenters. The van der Waals surface area contributed by atoms with E-state index >= 15 is 0 Å². The topological polar surface area (TPSA) is 66.3 Å². The van der Waals surface area contributed by atoms with E-state index in [-0.39, 0.29) is 6.03 Å². The molecule has 1 spiro atoms. The number of likely N-dealkylation sites (tertiary alicyclic amines) is 1. The van der Waals surface area contributed by atoms with Crippen LogP contribution in [-0.2, 0) is 0 Å². The Kier molecular flexibility index (Phi) is 6.32. The lowest BCUT2D eigenvalue weighted by molar-refractivity contribution is 0.175. The number of piperidine rings is 1. The van der Waals surface area contributed by atoms with Crippen molar-refractivity contribution in [3.63, 3.8) is 0 Å².